The zero-order valence-electron chi connectivity index (χ0n) is 14.6. The molecule has 0 amide bonds. The highest BCUT2D eigenvalue weighted by Crippen LogP contribution is 2.41. The highest BCUT2D eigenvalue weighted by atomic mass is 16.3. The van der Waals surface area contributed by atoms with Crippen molar-refractivity contribution >= 4 is 0 Å². The lowest BCUT2D eigenvalue weighted by molar-refractivity contribution is 0.0259. The number of hydrogen-bond donors (Lipinski definition) is 2. The van der Waals surface area contributed by atoms with Crippen molar-refractivity contribution in [3.8, 4) is 0 Å². The first-order valence-electron chi connectivity index (χ1n) is 9.13. The molecule has 0 aliphatic heterocycles. The Labute approximate surface area is 154 Å². The van der Waals surface area contributed by atoms with E-state index in [0.29, 0.717) is 6.04 Å². The summed E-state index contributed by atoms with van der Waals surface area (Å²) in [5, 5.41) is 15.8. The van der Waals surface area contributed by atoms with Crippen LogP contribution in [0, 0.1) is 0 Å². The molecule has 1 aliphatic carbocycles. The number of pyridine rings is 2. The summed E-state index contributed by atoms with van der Waals surface area (Å²) in [5.41, 5.74) is 1.30. The van der Waals surface area contributed by atoms with Crippen molar-refractivity contribution in [2.75, 3.05) is 0 Å². The smallest absolute Gasteiger partial charge is 0.137 e. The average Bonchev–Trinajstić information content (AvgIpc) is 2.69. The molecule has 2 aromatic heterocycles. The lowest BCUT2D eigenvalue weighted by Gasteiger charge is -2.41. The Kier molecular flexibility index (Phi) is 4.78. The van der Waals surface area contributed by atoms with Crippen molar-refractivity contribution in [2.45, 2.75) is 36.9 Å². The number of nitrogens with one attached hydrogen (secondary N) is 1. The second kappa shape index (κ2) is 7.36. The maximum absolute atomic E-state index is 12.1. The molecule has 4 rings (SSSR count). The molecule has 0 saturated heterocycles. The first-order chi connectivity index (χ1) is 12.8. The van der Waals surface area contributed by atoms with E-state index in [4.69, 9.17) is 0 Å². The molecule has 0 radical (unpaired) electrons. The van der Waals surface area contributed by atoms with Crippen LogP contribution in [0.4, 0.5) is 0 Å². The molecule has 1 saturated carbocycles. The van der Waals surface area contributed by atoms with Gasteiger partial charge in [-0.15, -0.1) is 0 Å². The van der Waals surface area contributed by atoms with Gasteiger partial charge in [0.15, 0.2) is 0 Å². The molecule has 4 heteroatoms. The molecule has 2 N–H and O–H groups in total. The number of nitrogens with zero attached hydrogens (tertiary/aromatic N) is 2. The van der Waals surface area contributed by atoms with Crippen LogP contribution in [0.25, 0.3) is 0 Å². The monoisotopic (exact) mass is 345 g/mol. The average molecular weight is 345 g/mol. The van der Waals surface area contributed by atoms with Gasteiger partial charge in [0.1, 0.15) is 5.60 Å². The summed E-state index contributed by atoms with van der Waals surface area (Å²) >= 11 is 0. The van der Waals surface area contributed by atoms with Crippen molar-refractivity contribution in [3.05, 3.63) is 96.1 Å². The Balaban J connectivity index is 1.86. The molecule has 0 bridgehead atoms. The third-order valence-electron chi connectivity index (χ3n) is 5.26. The van der Waals surface area contributed by atoms with Gasteiger partial charge in [0.25, 0.3) is 0 Å². The fraction of sp³-hybridized carbons (Fsp3) is 0.273. The fourth-order valence-corrected chi connectivity index (χ4v) is 3.59. The predicted octanol–water partition coefficient (Wildman–Crippen LogP) is 3.60. The Morgan fingerprint density at radius 1 is 0.885 bits per heavy atom. The van der Waals surface area contributed by atoms with Gasteiger partial charge in [-0.05, 0) is 30.5 Å². The normalized spacial score (nSPS) is 16.0. The molecule has 1 fully saturated rings. The molecule has 2 heterocycles. The molecule has 3 aromatic rings. The van der Waals surface area contributed by atoms with Gasteiger partial charge in [-0.3, -0.25) is 9.97 Å². The summed E-state index contributed by atoms with van der Waals surface area (Å²) in [6, 6.07) is 17.9. The molecule has 0 spiro atoms. The van der Waals surface area contributed by atoms with E-state index < -0.39 is 5.60 Å². The molecule has 1 atom stereocenters. The minimum atomic E-state index is -1.26. The van der Waals surface area contributed by atoms with Crippen molar-refractivity contribution in [1.29, 1.82) is 0 Å². The lowest BCUT2D eigenvalue weighted by Crippen LogP contribution is -2.48. The Hall–Kier alpha value is -2.56. The predicted molar refractivity (Wildman–Crippen MR) is 101 cm³/mol. The summed E-state index contributed by atoms with van der Waals surface area (Å²) in [5.74, 6) is 0. The van der Waals surface area contributed by atoms with Crippen molar-refractivity contribution in [1.82, 2.24) is 15.3 Å². The van der Waals surface area contributed by atoms with Gasteiger partial charge in [0.05, 0.1) is 6.04 Å². The Morgan fingerprint density at radius 3 is 1.96 bits per heavy atom. The summed E-state index contributed by atoms with van der Waals surface area (Å²) < 4.78 is 0. The van der Waals surface area contributed by atoms with Crippen LogP contribution >= 0.6 is 0 Å². The number of benzene rings is 1. The van der Waals surface area contributed by atoms with Gasteiger partial charge in [-0.2, -0.15) is 0 Å². The number of hydrogen-bond acceptors (Lipinski definition) is 4. The first-order valence-corrected chi connectivity index (χ1v) is 9.13. The SMILES string of the molecule is OC(c1cccnc1)(c1cccnc1)C(NC1CCC1)c1ccccc1. The second-order valence-corrected chi connectivity index (χ2v) is 6.89. The quantitative estimate of drug-likeness (QED) is 0.717. The topological polar surface area (TPSA) is 58.0 Å². The Bertz CT molecular complexity index is 780. The number of rotatable bonds is 6. The molecule has 1 aromatic carbocycles. The van der Waals surface area contributed by atoms with Crippen LogP contribution < -0.4 is 5.32 Å². The van der Waals surface area contributed by atoms with Crippen molar-refractivity contribution < 1.29 is 5.11 Å². The third kappa shape index (κ3) is 3.14. The van der Waals surface area contributed by atoms with E-state index in [0.717, 1.165) is 29.5 Å². The highest BCUT2D eigenvalue weighted by Gasteiger charge is 2.43. The van der Waals surface area contributed by atoms with Crippen molar-refractivity contribution in [2.24, 2.45) is 0 Å². The van der Waals surface area contributed by atoms with Crippen LogP contribution in [0.3, 0.4) is 0 Å². The molecular formula is C22H23N3O. The van der Waals surface area contributed by atoms with Crippen LogP contribution in [0.5, 0.6) is 0 Å². The number of aliphatic hydroxyl groups is 1. The van der Waals surface area contributed by atoms with Gasteiger partial charge in [-0.25, -0.2) is 0 Å². The summed E-state index contributed by atoms with van der Waals surface area (Å²) in [4.78, 5) is 8.51. The summed E-state index contributed by atoms with van der Waals surface area (Å²) in [7, 11) is 0. The lowest BCUT2D eigenvalue weighted by atomic mass is 9.77. The third-order valence-corrected chi connectivity index (χ3v) is 5.26. The largest absolute Gasteiger partial charge is 0.378 e. The van der Waals surface area contributed by atoms with E-state index in [1.807, 2.05) is 42.5 Å². The standard InChI is InChI=1S/C22H23N3O/c26-22(18-9-5-13-23-15-18,19-10-6-14-24-16-19)21(25-20-11-4-12-20)17-7-2-1-3-8-17/h1-3,5-10,13-16,20-21,25-26H,4,11-12H2. The van der Waals surface area contributed by atoms with E-state index in [2.05, 4.69) is 27.4 Å². The number of aromatic nitrogens is 2. The van der Waals surface area contributed by atoms with Crippen LogP contribution in [-0.2, 0) is 5.60 Å². The van der Waals surface area contributed by atoms with Crippen LogP contribution in [0.2, 0.25) is 0 Å². The zero-order valence-corrected chi connectivity index (χ0v) is 14.6. The van der Waals surface area contributed by atoms with Crippen LogP contribution in [-0.4, -0.2) is 21.1 Å². The van der Waals surface area contributed by atoms with Gasteiger partial charge in [0.2, 0.25) is 0 Å². The molecule has 132 valence electrons. The maximum Gasteiger partial charge on any atom is 0.137 e. The Morgan fingerprint density at radius 2 is 1.50 bits per heavy atom. The molecule has 4 nitrogen and oxygen atoms in total. The maximum atomic E-state index is 12.1. The highest BCUT2D eigenvalue weighted by molar-refractivity contribution is 5.39. The van der Waals surface area contributed by atoms with E-state index in [1.165, 1.54) is 6.42 Å². The molecule has 1 aliphatic rings. The molecular weight excluding hydrogens is 322 g/mol. The first kappa shape index (κ1) is 16.9. The fourth-order valence-electron chi connectivity index (χ4n) is 3.59. The van der Waals surface area contributed by atoms with Crippen molar-refractivity contribution in [3.63, 3.8) is 0 Å². The van der Waals surface area contributed by atoms with E-state index in [-0.39, 0.29) is 6.04 Å². The van der Waals surface area contributed by atoms with Gasteiger partial charge >= 0.3 is 0 Å². The zero-order chi connectivity index (χ0) is 17.8. The summed E-state index contributed by atoms with van der Waals surface area (Å²) in [6.45, 7) is 0. The second-order valence-electron chi connectivity index (χ2n) is 6.89. The van der Waals surface area contributed by atoms with Gasteiger partial charge in [0, 0.05) is 42.0 Å². The van der Waals surface area contributed by atoms with E-state index in [1.54, 1.807) is 24.8 Å². The molecule has 26 heavy (non-hydrogen) atoms. The summed E-state index contributed by atoms with van der Waals surface area (Å²) in [6.07, 6.45) is 10.4. The van der Waals surface area contributed by atoms with Gasteiger partial charge in [-0.1, -0.05) is 48.9 Å². The van der Waals surface area contributed by atoms with Gasteiger partial charge < -0.3 is 10.4 Å². The molecule has 1 unspecified atom stereocenters. The van der Waals surface area contributed by atoms with Crippen LogP contribution in [0.1, 0.15) is 42.0 Å². The van der Waals surface area contributed by atoms with E-state index in [9.17, 15) is 5.11 Å². The van der Waals surface area contributed by atoms with Crippen LogP contribution in [0.15, 0.2) is 79.4 Å². The van der Waals surface area contributed by atoms with E-state index >= 15 is 0 Å². The minimum Gasteiger partial charge on any atom is -0.378 e. The minimum absolute atomic E-state index is 0.289.